The van der Waals surface area contributed by atoms with E-state index < -0.39 is 38.7 Å². The molecular formula is C33H33ClFN7O4S. The van der Waals surface area contributed by atoms with E-state index in [0.717, 1.165) is 5.56 Å². The third kappa shape index (κ3) is 4.66. The van der Waals surface area contributed by atoms with Gasteiger partial charge in [0.25, 0.3) is 0 Å². The number of halogens is 2. The second-order valence-corrected chi connectivity index (χ2v) is 14.8. The quantitative estimate of drug-likeness (QED) is 0.294. The van der Waals surface area contributed by atoms with Crippen molar-refractivity contribution in [3.8, 4) is 11.1 Å². The maximum Gasteiger partial charge on any atom is 0.246 e. The van der Waals surface area contributed by atoms with E-state index >= 15 is 4.39 Å². The van der Waals surface area contributed by atoms with Gasteiger partial charge in [-0.3, -0.25) is 19.8 Å². The van der Waals surface area contributed by atoms with Crippen molar-refractivity contribution in [3.63, 3.8) is 0 Å². The maximum absolute atomic E-state index is 17.4. The smallest absolute Gasteiger partial charge is 0.246 e. The standard InChI is InChI=1S/C33H33ClFN7O4S/c1-6-22(43)40-11-12-41-19(14-40)15-47(45,46)31-25-30(26(34)24(27(31)35)23-17(4)7-8-21-20(23)13-37-39-21)42(33(44)38-32(25)41)29-18(5)9-10-36-28(29)16(2)3/h6-10,13,16,19,33,44H,1,11-12,14-15H2,2-5H3,(H,37,39). The zero-order chi connectivity index (χ0) is 33.5. The number of aliphatic hydroxyl groups is 1. The van der Waals surface area contributed by atoms with Crippen LogP contribution in [0.5, 0.6) is 0 Å². The van der Waals surface area contributed by atoms with E-state index in [1.54, 1.807) is 42.4 Å². The van der Waals surface area contributed by atoms with Crippen LogP contribution in [0.3, 0.4) is 0 Å². The Morgan fingerprint density at radius 1 is 1.15 bits per heavy atom. The van der Waals surface area contributed by atoms with E-state index in [4.69, 9.17) is 11.6 Å². The highest BCUT2D eigenvalue weighted by Crippen LogP contribution is 2.53. The number of benzene rings is 2. The van der Waals surface area contributed by atoms with Crippen LogP contribution < -0.4 is 4.90 Å². The van der Waals surface area contributed by atoms with Crippen LogP contribution in [0.4, 0.5) is 15.8 Å². The molecule has 2 unspecified atom stereocenters. The topological polar surface area (TPSA) is 135 Å². The number of amidine groups is 1. The normalized spacial score (nSPS) is 20.2. The van der Waals surface area contributed by atoms with Crippen LogP contribution in [0.25, 0.3) is 22.0 Å². The van der Waals surface area contributed by atoms with E-state index in [-0.39, 0.29) is 59.1 Å². The number of pyridine rings is 1. The van der Waals surface area contributed by atoms with Gasteiger partial charge >= 0.3 is 0 Å². The molecule has 11 nitrogen and oxygen atoms in total. The minimum absolute atomic E-state index is 0.0254. The number of hydrogen-bond donors (Lipinski definition) is 2. The van der Waals surface area contributed by atoms with Gasteiger partial charge in [0, 0.05) is 42.3 Å². The predicted octanol–water partition coefficient (Wildman–Crippen LogP) is 4.82. The summed E-state index contributed by atoms with van der Waals surface area (Å²) in [4.78, 5) is 26.0. The number of hydrogen-bond acceptors (Lipinski definition) is 9. The number of H-pyrrole nitrogens is 1. The highest BCUT2D eigenvalue weighted by Gasteiger charge is 2.48. The number of aliphatic hydroxyl groups excluding tert-OH is 1. The number of carbonyl (C=O) groups excluding carboxylic acids is 1. The number of piperazine rings is 1. The van der Waals surface area contributed by atoms with Crippen molar-refractivity contribution in [2.24, 2.45) is 4.99 Å². The number of carbonyl (C=O) groups is 1. The fraction of sp³-hybridized carbons (Fsp3) is 0.333. The molecule has 3 aliphatic heterocycles. The first-order valence-electron chi connectivity index (χ1n) is 15.2. The van der Waals surface area contributed by atoms with Gasteiger partial charge in [-0.05, 0) is 49.1 Å². The zero-order valence-corrected chi connectivity index (χ0v) is 27.8. The molecule has 244 valence electrons. The fourth-order valence-electron chi connectivity index (χ4n) is 7.10. The molecule has 1 fully saturated rings. The van der Waals surface area contributed by atoms with Crippen molar-refractivity contribution >= 4 is 55.5 Å². The first kappa shape index (κ1) is 31.3. The molecule has 0 saturated carbocycles. The van der Waals surface area contributed by atoms with Crippen LogP contribution in [0.15, 0.2) is 53.1 Å². The number of fused-ring (bicyclic) bond motifs is 3. The van der Waals surface area contributed by atoms with E-state index in [1.165, 1.54) is 15.9 Å². The summed E-state index contributed by atoms with van der Waals surface area (Å²) in [5, 5.41) is 19.5. The van der Waals surface area contributed by atoms with Crippen molar-refractivity contribution in [2.75, 3.05) is 30.3 Å². The molecule has 0 aliphatic carbocycles. The molecule has 5 heterocycles. The van der Waals surface area contributed by atoms with Gasteiger partial charge in [-0.2, -0.15) is 5.10 Å². The zero-order valence-electron chi connectivity index (χ0n) is 26.3. The number of sulfone groups is 1. The van der Waals surface area contributed by atoms with Crippen LogP contribution in [-0.2, 0) is 14.6 Å². The van der Waals surface area contributed by atoms with Crippen molar-refractivity contribution in [2.45, 2.75) is 50.9 Å². The Hall–Kier alpha value is -4.33. The Kier molecular flexibility index (Phi) is 7.41. The van der Waals surface area contributed by atoms with Gasteiger partial charge < -0.3 is 14.9 Å². The first-order chi connectivity index (χ1) is 22.4. The number of aryl methyl sites for hydroxylation is 2. The third-order valence-corrected chi connectivity index (χ3v) is 11.4. The second-order valence-electron chi connectivity index (χ2n) is 12.4. The Morgan fingerprint density at radius 2 is 1.91 bits per heavy atom. The minimum Gasteiger partial charge on any atom is -0.355 e. The summed E-state index contributed by atoms with van der Waals surface area (Å²) >= 11 is 7.35. The maximum atomic E-state index is 17.4. The largest absolute Gasteiger partial charge is 0.355 e. The molecule has 2 atom stereocenters. The van der Waals surface area contributed by atoms with E-state index in [0.29, 0.717) is 33.4 Å². The number of rotatable bonds is 4. The average molecular weight is 678 g/mol. The van der Waals surface area contributed by atoms with Crippen LogP contribution in [0.1, 0.15) is 42.1 Å². The number of aromatic amines is 1. The van der Waals surface area contributed by atoms with Gasteiger partial charge in [-0.15, -0.1) is 0 Å². The van der Waals surface area contributed by atoms with E-state index in [1.807, 2.05) is 20.8 Å². The van der Waals surface area contributed by atoms with Crippen LogP contribution in [0, 0.1) is 19.7 Å². The van der Waals surface area contributed by atoms with Crippen molar-refractivity contribution in [3.05, 3.63) is 76.5 Å². The van der Waals surface area contributed by atoms with Crippen molar-refractivity contribution in [1.82, 2.24) is 25.0 Å². The molecule has 0 bridgehead atoms. The molecule has 1 saturated heterocycles. The number of anilines is 2. The molecule has 47 heavy (non-hydrogen) atoms. The molecule has 4 aromatic rings. The lowest BCUT2D eigenvalue weighted by molar-refractivity contribution is -0.128. The molecule has 2 aromatic carbocycles. The van der Waals surface area contributed by atoms with Crippen molar-refractivity contribution < 1.29 is 22.7 Å². The number of nitrogens with zero attached hydrogens (tertiary/aromatic N) is 6. The Bertz CT molecular complexity index is 2150. The van der Waals surface area contributed by atoms with E-state index in [9.17, 15) is 18.3 Å². The number of nitrogens with one attached hydrogen (secondary N) is 1. The minimum atomic E-state index is -4.39. The summed E-state index contributed by atoms with van der Waals surface area (Å²) in [5.74, 6) is -1.85. The molecule has 1 amide bonds. The Morgan fingerprint density at radius 3 is 2.64 bits per heavy atom. The first-order valence-corrected chi connectivity index (χ1v) is 17.3. The van der Waals surface area contributed by atoms with Crippen LogP contribution >= 0.6 is 11.6 Å². The van der Waals surface area contributed by atoms with Gasteiger partial charge in [-0.25, -0.2) is 17.8 Å². The lowest BCUT2D eigenvalue weighted by Gasteiger charge is -2.44. The monoisotopic (exact) mass is 677 g/mol. The van der Waals surface area contributed by atoms with Gasteiger partial charge in [0.2, 0.25) is 12.3 Å². The van der Waals surface area contributed by atoms with Crippen molar-refractivity contribution in [1.29, 1.82) is 0 Å². The summed E-state index contributed by atoms with van der Waals surface area (Å²) in [7, 11) is -4.39. The van der Waals surface area contributed by atoms with Crippen LogP contribution in [0.2, 0.25) is 5.02 Å². The molecule has 2 N–H and O–H groups in total. The van der Waals surface area contributed by atoms with Crippen LogP contribution in [-0.4, -0.2) is 88.0 Å². The summed E-state index contributed by atoms with van der Waals surface area (Å²) < 4.78 is 46.4. The van der Waals surface area contributed by atoms with E-state index in [2.05, 4.69) is 26.8 Å². The number of amides is 1. The molecular weight excluding hydrogens is 645 g/mol. The third-order valence-electron chi connectivity index (χ3n) is 9.23. The lowest BCUT2D eigenvalue weighted by Crippen LogP contribution is -2.58. The summed E-state index contributed by atoms with van der Waals surface area (Å²) in [6.07, 6.45) is 2.83. The Balaban J connectivity index is 1.61. The highest BCUT2D eigenvalue weighted by atomic mass is 35.5. The lowest BCUT2D eigenvalue weighted by atomic mass is 9.92. The number of aliphatic imine (C=N–C) groups is 1. The summed E-state index contributed by atoms with van der Waals surface area (Å²) in [5.41, 5.74) is 3.45. The fourth-order valence-corrected chi connectivity index (χ4v) is 9.30. The molecule has 0 radical (unpaired) electrons. The second kappa shape index (κ2) is 11.1. The Labute approximate surface area is 276 Å². The average Bonchev–Trinajstić information content (AvgIpc) is 3.47. The van der Waals surface area contributed by atoms with Gasteiger partial charge in [-0.1, -0.05) is 38.1 Å². The highest BCUT2D eigenvalue weighted by molar-refractivity contribution is 7.91. The SMILES string of the molecule is C=CC(=O)N1CCN2C3=NC(O)N(c4c(C)ccnc4C(C)C)c4c(Cl)c(-c5c(C)ccc6[nH]ncc56)c(F)c(c43)S(=O)(=O)CC2C1. The van der Waals surface area contributed by atoms with Gasteiger partial charge in [0.1, 0.15) is 10.7 Å². The molecule has 2 aromatic heterocycles. The van der Waals surface area contributed by atoms with Gasteiger partial charge in [0.15, 0.2) is 15.7 Å². The molecule has 0 spiro atoms. The summed E-state index contributed by atoms with van der Waals surface area (Å²) in [6, 6.07) is 4.59. The molecule has 7 rings (SSSR count). The van der Waals surface area contributed by atoms with Gasteiger partial charge in [0.05, 0.1) is 51.2 Å². The predicted molar refractivity (Wildman–Crippen MR) is 178 cm³/mol. The molecule has 14 heteroatoms. The number of aromatic nitrogens is 3. The summed E-state index contributed by atoms with van der Waals surface area (Å²) in [6.45, 7) is 11.6. The molecule has 3 aliphatic rings.